The Bertz CT molecular complexity index is 2130. The summed E-state index contributed by atoms with van der Waals surface area (Å²) in [5.41, 5.74) is 9.70. The van der Waals surface area contributed by atoms with Crippen molar-refractivity contribution in [3.8, 4) is 34.1 Å². The van der Waals surface area contributed by atoms with E-state index >= 15 is 0 Å². The second-order valence-electron chi connectivity index (χ2n) is 11.4. The third kappa shape index (κ3) is 5.85. The number of pyridine rings is 1. The molecule has 0 amide bonds. The van der Waals surface area contributed by atoms with E-state index in [2.05, 4.69) is 92.1 Å². The van der Waals surface area contributed by atoms with E-state index in [-0.39, 0.29) is 21.1 Å². The van der Waals surface area contributed by atoms with Gasteiger partial charge in [0.2, 0.25) is 0 Å². The normalized spacial score (nSPS) is 11.2. The summed E-state index contributed by atoms with van der Waals surface area (Å²) in [6, 6.07) is 38.3. The summed E-state index contributed by atoms with van der Waals surface area (Å²) in [6.07, 6.45) is 5.28. The van der Waals surface area contributed by atoms with Gasteiger partial charge in [-0.2, -0.15) is 17.2 Å². The second-order valence-corrected chi connectivity index (χ2v) is 11.4. The zero-order valence-corrected chi connectivity index (χ0v) is 28.1. The van der Waals surface area contributed by atoms with Crippen molar-refractivity contribution in [2.45, 2.75) is 47.0 Å². The maximum Gasteiger partial charge on any atom is 2.00 e. The molecule has 0 bridgehead atoms. The van der Waals surface area contributed by atoms with Gasteiger partial charge in [-0.1, -0.05) is 61.3 Å². The molecule has 0 aliphatic carbocycles. The van der Waals surface area contributed by atoms with Crippen molar-refractivity contribution in [1.29, 1.82) is 0 Å². The van der Waals surface area contributed by atoms with Gasteiger partial charge in [-0.15, -0.1) is 35.7 Å². The molecule has 0 spiro atoms. The van der Waals surface area contributed by atoms with Crippen molar-refractivity contribution in [3.63, 3.8) is 0 Å². The molecule has 3 heterocycles. The van der Waals surface area contributed by atoms with Gasteiger partial charge in [0.1, 0.15) is 5.82 Å². The van der Waals surface area contributed by atoms with Crippen LogP contribution in [0.25, 0.3) is 44.4 Å². The van der Waals surface area contributed by atoms with Crippen LogP contribution in [0.2, 0.25) is 0 Å². The number of unbranched alkanes of at least 4 members (excludes halogenated alkanes) is 1. The molecule has 0 radical (unpaired) electrons. The summed E-state index contributed by atoms with van der Waals surface area (Å²) in [6.45, 7) is 8.47. The van der Waals surface area contributed by atoms with Crippen molar-refractivity contribution < 1.29 is 25.8 Å². The Hall–Kier alpha value is -4.47. The van der Waals surface area contributed by atoms with Gasteiger partial charge in [-0.05, 0) is 79.6 Å². The van der Waals surface area contributed by atoms with Gasteiger partial charge in [0, 0.05) is 34.5 Å². The third-order valence-electron chi connectivity index (χ3n) is 8.22. The van der Waals surface area contributed by atoms with Crippen LogP contribution in [0.15, 0.2) is 97.2 Å². The molecule has 3 aromatic heterocycles. The van der Waals surface area contributed by atoms with Gasteiger partial charge >= 0.3 is 21.1 Å². The number of hydrogen-bond donors (Lipinski definition) is 0. The van der Waals surface area contributed by atoms with Crippen LogP contribution in [0.5, 0.6) is 11.5 Å². The molecule has 0 aliphatic rings. The molecule has 0 unspecified atom stereocenters. The van der Waals surface area contributed by atoms with Gasteiger partial charge in [-0.25, -0.2) is 4.98 Å². The SMILES string of the molecule is CCCCc1ccc2c(c1)c1ccc(Oc3[c-]c(-n4nc(C)c(-c5ccccc5)c4C)ccc3)[c-]c1n2-c1cc(C)ccn1.[Pt+2]. The third-order valence-corrected chi connectivity index (χ3v) is 8.22. The predicted octanol–water partition coefficient (Wildman–Crippen LogP) is 9.69. The summed E-state index contributed by atoms with van der Waals surface area (Å²) in [5.74, 6) is 2.09. The molecule has 7 aromatic rings. The largest absolute Gasteiger partial charge is 2.00 e. The topological polar surface area (TPSA) is 44.9 Å². The zero-order chi connectivity index (χ0) is 30.2. The van der Waals surface area contributed by atoms with E-state index in [1.807, 2.05) is 54.2 Å². The molecule has 226 valence electrons. The Morgan fingerprint density at radius 2 is 1.62 bits per heavy atom. The van der Waals surface area contributed by atoms with Crippen molar-refractivity contribution >= 4 is 21.8 Å². The number of fused-ring (bicyclic) bond motifs is 3. The fraction of sp³-hybridized carbons (Fsp3) is 0.179. The minimum atomic E-state index is 0. The zero-order valence-electron chi connectivity index (χ0n) is 25.9. The smallest absolute Gasteiger partial charge is 0.509 e. The van der Waals surface area contributed by atoms with Crippen LogP contribution in [-0.4, -0.2) is 19.3 Å². The minimum absolute atomic E-state index is 0. The van der Waals surface area contributed by atoms with Crippen LogP contribution in [0, 0.1) is 32.9 Å². The molecule has 45 heavy (non-hydrogen) atoms. The average molecular weight is 770 g/mol. The van der Waals surface area contributed by atoms with Crippen LogP contribution >= 0.6 is 0 Å². The predicted molar refractivity (Wildman–Crippen MR) is 178 cm³/mol. The molecule has 0 N–H and O–H groups in total. The number of ether oxygens (including phenoxy) is 1. The van der Waals surface area contributed by atoms with Crippen LogP contribution < -0.4 is 4.74 Å². The number of aryl methyl sites for hydroxylation is 3. The summed E-state index contributed by atoms with van der Waals surface area (Å²) in [7, 11) is 0. The molecule has 0 fully saturated rings. The molecule has 7 rings (SSSR count). The van der Waals surface area contributed by atoms with E-state index in [9.17, 15) is 0 Å². The van der Waals surface area contributed by atoms with E-state index < -0.39 is 0 Å². The average Bonchev–Trinajstić information content (AvgIpc) is 3.52. The molecule has 0 saturated heterocycles. The molecule has 0 aliphatic heterocycles. The molecule has 5 nitrogen and oxygen atoms in total. The fourth-order valence-electron chi connectivity index (χ4n) is 6.09. The van der Waals surface area contributed by atoms with E-state index in [4.69, 9.17) is 14.8 Å². The standard InChI is InChI=1S/C39H34N4O.Pt/c1-5-6-11-29-16-19-36-35(23-29)34-18-17-33(25-37(34)42(36)38-22-26(2)20-21-40-38)44-32-15-10-14-31(24-32)43-28(4)39(27(3)41-43)30-12-8-7-9-13-30;/h7-10,12-23H,5-6,11H2,1-4H3;/q-2;+2. The van der Waals surface area contributed by atoms with Crippen LogP contribution in [0.4, 0.5) is 0 Å². The van der Waals surface area contributed by atoms with Crippen molar-refractivity contribution in [2.24, 2.45) is 0 Å². The minimum Gasteiger partial charge on any atom is -0.509 e. The van der Waals surface area contributed by atoms with Gasteiger partial charge < -0.3 is 9.30 Å². The van der Waals surface area contributed by atoms with Crippen molar-refractivity contribution in [2.75, 3.05) is 0 Å². The molecular weight excluding hydrogens is 736 g/mol. The van der Waals surface area contributed by atoms with E-state index in [0.717, 1.165) is 62.4 Å². The Morgan fingerprint density at radius 3 is 2.42 bits per heavy atom. The Morgan fingerprint density at radius 1 is 0.800 bits per heavy atom. The van der Waals surface area contributed by atoms with E-state index in [0.29, 0.717) is 11.5 Å². The maximum atomic E-state index is 6.41. The second kappa shape index (κ2) is 12.9. The molecule has 0 saturated carbocycles. The first-order chi connectivity index (χ1) is 21.5. The molecule has 6 heteroatoms. The van der Waals surface area contributed by atoms with Crippen LogP contribution in [0.1, 0.15) is 42.3 Å². The molecule has 4 aromatic carbocycles. The van der Waals surface area contributed by atoms with E-state index in [1.165, 1.54) is 23.8 Å². The van der Waals surface area contributed by atoms with Crippen molar-refractivity contribution in [3.05, 3.63) is 132 Å². The van der Waals surface area contributed by atoms with Gasteiger partial charge in [0.25, 0.3) is 0 Å². The number of rotatable bonds is 8. The van der Waals surface area contributed by atoms with E-state index in [1.54, 1.807) is 0 Å². The Kier molecular flexibility index (Phi) is 8.74. The summed E-state index contributed by atoms with van der Waals surface area (Å²) < 4.78 is 10.5. The number of nitrogens with zero attached hydrogens (tertiary/aromatic N) is 4. The Balaban J connectivity index is 0.00000357. The number of hydrogen-bond acceptors (Lipinski definition) is 3. The van der Waals surface area contributed by atoms with Gasteiger partial charge in [0.15, 0.2) is 0 Å². The molecule has 0 atom stereocenters. The summed E-state index contributed by atoms with van der Waals surface area (Å²) in [4.78, 5) is 4.74. The fourth-order valence-corrected chi connectivity index (χ4v) is 6.09. The first kappa shape index (κ1) is 30.6. The summed E-state index contributed by atoms with van der Waals surface area (Å²) in [5, 5.41) is 7.19. The van der Waals surface area contributed by atoms with Crippen LogP contribution in [-0.2, 0) is 27.5 Å². The number of benzene rings is 4. The molecular formula is C39H34N4OPt. The maximum absolute atomic E-state index is 6.41. The first-order valence-corrected chi connectivity index (χ1v) is 15.2. The quantitative estimate of drug-likeness (QED) is 0.145. The summed E-state index contributed by atoms with van der Waals surface area (Å²) >= 11 is 0. The van der Waals surface area contributed by atoms with Crippen molar-refractivity contribution in [1.82, 2.24) is 19.3 Å². The van der Waals surface area contributed by atoms with Crippen LogP contribution in [0.3, 0.4) is 0 Å². The Labute approximate surface area is 278 Å². The van der Waals surface area contributed by atoms with Gasteiger partial charge in [0.05, 0.1) is 5.69 Å². The monoisotopic (exact) mass is 769 g/mol. The number of aromatic nitrogens is 4. The first-order valence-electron chi connectivity index (χ1n) is 15.2. The van der Waals surface area contributed by atoms with Gasteiger partial charge in [-0.3, -0.25) is 4.68 Å².